The molecule has 4 heteroatoms. The van der Waals surface area contributed by atoms with Crippen LogP contribution in [0.4, 0.5) is 5.69 Å². The molecule has 0 spiro atoms. The highest BCUT2D eigenvalue weighted by atomic mass is 32.1. The smallest absolute Gasteiger partial charge is 0.265 e. The van der Waals surface area contributed by atoms with Crippen LogP contribution in [0, 0.1) is 0 Å². The minimum Gasteiger partial charge on any atom is -0.321 e. The summed E-state index contributed by atoms with van der Waals surface area (Å²) >= 11 is 5.60. The molecular weight excluding hydrogens is 274 g/mol. The average Bonchev–Trinajstić information content (AvgIpc) is 2.75. The summed E-state index contributed by atoms with van der Waals surface area (Å²) in [6.45, 7) is 6.50. The van der Waals surface area contributed by atoms with Gasteiger partial charge in [0, 0.05) is 16.0 Å². The number of amides is 1. The molecule has 0 atom stereocenters. The topological polar surface area (TPSA) is 29.1 Å². The van der Waals surface area contributed by atoms with E-state index in [1.165, 1.54) is 16.9 Å². The molecule has 1 N–H and O–H groups in total. The fraction of sp³-hybridized carbons (Fsp3) is 0.267. The molecule has 0 aliphatic heterocycles. The summed E-state index contributed by atoms with van der Waals surface area (Å²) in [4.78, 5) is 13.5. The summed E-state index contributed by atoms with van der Waals surface area (Å²) in [7, 11) is 0. The zero-order valence-corrected chi connectivity index (χ0v) is 12.9. The Kier molecular flexibility index (Phi) is 4.02. The van der Waals surface area contributed by atoms with E-state index in [0.717, 1.165) is 10.6 Å². The fourth-order valence-electron chi connectivity index (χ4n) is 1.69. The lowest BCUT2D eigenvalue weighted by Crippen LogP contribution is -2.12. The van der Waals surface area contributed by atoms with Gasteiger partial charge in [-0.15, -0.1) is 24.0 Å². The molecule has 1 aromatic heterocycles. The van der Waals surface area contributed by atoms with Crippen molar-refractivity contribution < 1.29 is 4.79 Å². The SMILES string of the molecule is CC(C)(C)c1ccc(NC(=O)c2cc(S)cs2)cc1. The number of benzene rings is 1. The van der Waals surface area contributed by atoms with Gasteiger partial charge in [-0.3, -0.25) is 4.79 Å². The quantitative estimate of drug-likeness (QED) is 0.779. The van der Waals surface area contributed by atoms with Crippen molar-refractivity contribution in [2.45, 2.75) is 31.1 Å². The number of anilines is 1. The van der Waals surface area contributed by atoms with Crippen LogP contribution in [-0.4, -0.2) is 5.91 Å². The van der Waals surface area contributed by atoms with Gasteiger partial charge in [0.25, 0.3) is 5.91 Å². The van der Waals surface area contributed by atoms with E-state index in [1.807, 2.05) is 29.6 Å². The molecule has 0 aliphatic carbocycles. The minimum absolute atomic E-state index is 0.0891. The Hall–Kier alpha value is -1.26. The first-order valence-corrected chi connectivity index (χ1v) is 7.38. The van der Waals surface area contributed by atoms with E-state index in [2.05, 4.69) is 38.7 Å². The third-order valence-electron chi connectivity index (χ3n) is 2.82. The highest BCUT2D eigenvalue weighted by Gasteiger charge is 2.13. The molecule has 2 aromatic rings. The Balaban J connectivity index is 2.10. The first kappa shape index (κ1) is 14.2. The lowest BCUT2D eigenvalue weighted by molar-refractivity contribution is 0.103. The van der Waals surface area contributed by atoms with Gasteiger partial charge in [0.1, 0.15) is 0 Å². The van der Waals surface area contributed by atoms with E-state index in [0.29, 0.717) is 4.88 Å². The molecule has 0 radical (unpaired) electrons. The third kappa shape index (κ3) is 3.61. The molecular formula is C15H17NOS2. The van der Waals surface area contributed by atoms with Crippen LogP contribution in [0.25, 0.3) is 0 Å². The van der Waals surface area contributed by atoms with E-state index in [-0.39, 0.29) is 11.3 Å². The molecule has 0 fully saturated rings. The van der Waals surface area contributed by atoms with Crippen LogP contribution < -0.4 is 5.32 Å². The highest BCUT2D eigenvalue weighted by Crippen LogP contribution is 2.24. The Labute approximate surface area is 123 Å². The van der Waals surface area contributed by atoms with Crippen molar-refractivity contribution in [1.82, 2.24) is 0 Å². The molecule has 1 aromatic carbocycles. The maximum atomic E-state index is 12.0. The predicted octanol–water partition coefficient (Wildman–Crippen LogP) is 4.59. The van der Waals surface area contributed by atoms with Gasteiger partial charge in [-0.05, 0) is 29.2 Å². The Bertz CT molecular complexity index is 579. The molecule has 100 valence electrons. The number of rotatable bonds is 2. The lowest BCUT2D eigenvalue weighted by atomic mass is 9.87. The van der Waals surface area contributed by atoms with Crippen molar-refractivity contribution in [1.29, 1.82) is 0 Å². The minimum atomic E-state index is -0.0891. The second-order valence-corrected chi connectivity index (χ2v) is 6.88. The van der Waals surface area contributed by atoms with Crippen LogP contribution >= 0.6 is 24.0 Å². The molecule has 0 saturated carbocycles. The number of thiophene rings is 1. The number of nitrogens with one attached hydrogen (secondary N) is 1. The van der Waals surface area contributed by atoms with Crippen LogP contribution in [0.2, 0.25) is 0 Å². The summed E-state index contributed by atoms with van der Waals surface area (Å²) in [5.74, 6) is -0.0891. The zero-order valence-electron chi connectivity index (χ0n) is 11.2. The Morgan fingerprint density at radius 3 is 2.32 bits per heavy atom. The van der Waals surface area contributed by atoms with Crippen LogP contribution in [0.1, 0.15) is 36.0 Å². The summed E-state index contributed by atoms with van der Waals surface area (Å²) in [6.07, 6.45) is 0. The van der Waals surface area contributed by atoms with Gasteiger partial charge in [0.15, 0.2) is 0 Å². The van der Waals surface area contributed by atoms with E-state index >= 15 is 0 Å². The second kappa shape index (κ2) is 5.39. The van der Waals surface area contributed by atoms with Gasteiger partial charge in [-0.1, -0.05) is 32.9 Å². The Morgan fingerprint density at radius 2 is 1.84 bits per heavy atom. The van der Waals surface area contributed by atoms with E-state index in [9.17, 15) is 4.79 Å². The van der Waals surface area contributed by atoms with Crippen molar-refractivity contribution in [2.75, 3.05) is 5.32 Å². The van der Waals surface area contributed by atoms with Gasteiger partial charge in [0.05, 0.1) is 4.88 Å². The first-order valence-electron chi connectivity index (χ1n) is 6.05. The molecule has 1 amide bonds. The zero-order chi connectivity index (χ0) is 14.0. The molecule has 0 aliphatic rings. The number of thiol groups is 1. The van der Waals surface area contributed by atoms with Crippen molar-refractivity contribution >= 4 is 35.6 Å². The predicted molar refractivity (Wildman–Crippen MR) is 84.7 cm³/mol. The molecule has 2 nitrogen and oxygen atoms in total. The second-order valence-electron chi connectivity index (χ2n) is 5.45. The molecule has 2 rings (SSSR count). The van der Waals surface area contributed by atoms with Crippen molar-refractivity contribution in [3.8, 4) is 0 Å². The maximum Gasteiger partial charge on any atom is 0.265 e. The van der Waals surface area contributed by atoms with Gasteiger partial charge < -0.3 is 5.32 Å². The highest BCUT2D eigenvalue weighted by molar-refractivity contribution is 7.80. The molecule has 0 unspecified atom stereocenters. The molecule has 0 saturated heterocycles. The lowest BCUT2D eigenvalue weighted by Gasteiger charge is -2.19. The molecule has 0 bridgehead atoms. The number of hydrogen-bond acceptors (Lipinski definition) is 3. The van der Waals surface area contributed by atoms with E-state index in [1.54, 1.807) is 6.07 Å². The summed E-state index contributed by atoms with van der Waals surface area (Å²) in [5.41, 5.74) is 2.18. The van der Waals surface area contributed by atoms with E-state index in [4.69, 9.17) is 0 Å². The average molecular weight is 291 g/mol. The van der Waals surface area contributed by atoms with Gasteiger partial charge >= 0.3 is 0 Å². The van der Waals surface area contributed by atoms with Crippen LogP contribution in [0.3, 0.4) is 0 Å². The summed E-state index contributed by atoms with van der Waals surface area (Å²) < 4.78 is 0. The Morgan fingerprint density at radius 1 is 1.21 bits per heavy atom. The normalized spacial score (nSPS) is 11.4. The largest absolute Gasteiger partial charge is 0.321 e. The van der Waals surface area contributed by atoms with Gasteiger partial charge in [-0.2, -0.15) is 0 Å². The number of hydrogen-bond donors (Lipinski definition) is 2. The maximum absolute atomic E-state index is 12.0. The standard InChI is InChI=1S/C15H17NOS2/c1-15(2,3)10-4-6-11(7-5-10)16-14(17)13-8-12(18)9-19-13/h4-9,18H,1-3H3,(H,16,17). The monoisotopic (exact) mass is 291 g/mol. The van der Waals surface area contributed by atoms with Crippen molar-refractivity contribution in [3.05, 3.63) is 46.2 Å². The number of carbonyl (C=O) groups excluding carboxylic acids is 1. The van der Waals surface area contributed by atoms with Crippen molar-refractivity contribution in [2.24, 2.45) is 0 Å². The third-order valence-corrected chi connectivity index (χ3v) is 4.18. The van der Waals surface area contributed by atoms with E-state index < -0.39 is 0 Å². The molecule has 1 heterocycles. The van der Waals surface area contributed by atoms with Crippen molar-refractivity contribution in [3.63, 3.8) is 0 Å². The van der Waals surface area contributed by atoms with Crippen LogP contribution in [-0.2, 0) is 5.41 Å². The van der Waals surface area contributed by atoms with Gasteiger partial charge in [0.2, 0.25) is 0 Å². The number of carbonyl (C=O) groups is 1. The van der Waals surface area contributed by atoms with Gasteiger partial charge in [-0.25, -0.2) is 0 Å². The van der Waals surface area contributed by atoms with Crippen LogP contribution in [0.5, 0.6) is 0 Å². The van der Waals surface area contributed by atoms with Crippen LogP contribution in [0.15, 0.2) is 40.6 Å². The molecule has 19 heavy (non-hydrogen) atoms. The summed E-state index contributed by atoms with van der Waals surface area (Å²) in [6, 6.07) is 9.75. The summed E-state index contributed by atoms with van der Waals surface area (Å²) in [5, 5.41) is 4.74. The fourth-order valence-corrected chi connectivity index (χ4v) is 2.73. The first-order chi connectivity index (χ1) is 8.86.